The number of fused-ring (bicyclic) bond motifs is 1. The van der Waals surface area contributed by atoms with Gasteiger partial charge in [-0.05, 0) is 61.9 Å². The molecule has 1 saturated heterocycles. The average Bonchev–Trinajstić information content (AvgIpc) is 3.17. The molecule has 5 nitrogen and oxygen atoms in total. The Balaban J connectivity index is 1.59. The lowest BCUT2D eigenvalue weighted by molar-refractivity contribution is -0.137. The minimum Gasteiger partial charge on any atom is -0.502 e. The van der Waals surface area contributed by atoms with Gasteiger partial charge in [0.05, 0.1) is 34.7 Å². The van der Waals surface area contributed by atoms with Gasteiger partial charge >= 0.3 is 6.18 Å². The van der Waals surface area contributed by atoms with E-state index in [0.29, 0.717) is 57.8 Å². The number of aromatic nitrogens is 2. The molecule has 10 heteroatoms. The number of benzene rings is 1. The largest absolute Gasteiger partial charge is 0.502 e. The summed E-state index contributed by atoms with van der Waals surface area (Å²) < 4.78 is 46.6. The van der Waals surface area contributed by atoms with E-state index in [1.165, 1.54) is 4.40 Å². The zero-order valence-electron chi connectivity index (χ0n) is 20.9. The Morgan fingerprint density at radius 2 is 1.89 bits per heavy atom. The molecule has 1 aromatic carbocycles. The predicted octanol–water partition coefficient (Wildman–Crippen LogP) is 7.27. The first-order chi connectivity index (χ1) is 17.4. The first-order valence-corrected chi connectivity index (χ1v) is 12.7. The van der Waals surface area contributed by atoms with E-state index < -0.39 is 11.7 Å². The van der Waals surface area contributed by atoms with Gasteiger partial charge < -0.3 is 14.0 Å². The summed E-state index contributed by atoms with van der Waals surface area (Å²) >= 11 is 13.2. The Morgan fingerprint density at radius 3 is 2.51 bits per heavy atom. The molecule has 198 valence electrons. The molecule has 0 unspecified atom stereocenters. The normalized spacial score (nSPS) is 14.9. The van der Waals surface area contributed by atoms with Crippen LogP contribution < -0.4 is 0 Å². The van der Waals surface area contributed by atoms with Crippen molar-refractivity contribution < 1.29 is 22.7 Å². The molecular formula is C27H28Cl2F3N3O2. The Kier molecular flexibility index (Phi) is 7.81. The molecule has 37 heavy (non-hydrogen) atoms. The second kappa shape index (κ2) is 10.6. The number of imidazole rings is 1. The summed E-state index contributed by atoms with van der Waals surface area (Å²) in [5.41, 5.74) is 2.03. The lowest BCUT2D eigenvalue weighted by Crippen LogP contribution is -2.38. The molecule has 0 aliphatic carbocycles. The van der Waals surface area contributed by atoms with Crippen molar-refractivity contribution >= 4 is 34.8 Å². The van der Waals surface area contributed by atoms with Crippen LogP contribution in [0.15, 0.2) is 36.7 Å². The number of piperidine rings is 1. The van der Waals surface area contributed by atoms with E-state index in [1.54, 1.807) is 38.0 Å². The van der Waals surface area contributed by atoms with Gasteiger partial charge in [-0.3, -0.25) is 4.79 Å². The van der Waals surface area contributed by atoms with Gasteiger partial charge in [0.15, 0.2) is 0 Å². The number of carbonyl (C=O) groups excluding carboxylic acids is 1. The highest BCUT2D eigenvalue weighted by Gasteiger charge is 2.32. The van der Waals surface area contributed by atoms with E-state index in [9.17, 15) is 18.0 Å². The van der Waals surface area contributed by atoms with Crippen LogP contribution in [0, 0.1) is 19.8 Å². The van der Waals surface area contributed by atoms with Gasteiger partial charge in [-0.1, -0.05) is 29.8 Å². The number of hydrogen-bond donors (Lipinski definition) is 0. The first kappa shape index (κ1) is 27.3. The summed E-state index contributed by atoms with van der Waals surface area (Å²) in [6.07, 6.45) is -0.801. The Hall–Kier alpha value is -2.71. The van der Waals surface area contributed by atoms with Crippen LogP contribution in [0.1, 0.15) is 57.7 Å². The summed E-state index contributed by atoms with van der Waals surface area (Å²) in [5.74, 6) is 0.971. The maximum Gasteiger partial charge on any atom is 0.417 e. The molecule has 3 heterocycles. The average molecular weight is 554 g/mol. The van der Waals surface area contributed by atoms with Crippen LogP contribution in [0.2, 0.25) is 10.0 Å². The molecule has 1 aliphatic heterocycles. The zero-order valence-corrected chi connectivity index (χ0v) is 22.4. The van der Waals surface area contributed by atoms with Crippen LogP contribution in [0.5, 0.6) is 0 Å². The van der Waals surface area contributed by atoms with Crippen molar-refractivity contribution in [3.63, 3.8) is 0 Å². The molecule has 0 saturated carbocycles. The number of carbonyl (C=O) groups is 1. The Bertz CT molecular complexity index is 1360. The maximum atomic E-state index is 13.3. The number of hydrogen-bond acceptors (Lipinski definition) is 3. The quantitative estimate of drug-likeness (QED) is 0.301. The van der Waals surface area contributed by atoms with Crippen molar-refractivity contribution in [1.82, 2.24) is 14.3 Å². The van der Waals surface area contributed by atoms with Gasteiger partial charge in [0.2, 0.25) is 0 Å². The molecular weight excluding hydrogens is 526 g/mol. The summed E-state index contributed by atoms with van der Waals surface area (Å²) in [6.45, 7) is 8.37. The minimum atomic E-state index is -4.47. The number of methoxy groups -OCH3 is 1. The molecule has 4 rings (SSSR count). The van der Waals surface area contributed by atoms with Crippen LogP contribution in [0.25, 0.3) is 5.65 Å². The van der Waals surface area contributed by atoms with E-state index in [4.69, 9.17) is 27.9 Å². The molecule has 1 aliphatic rings. The fourth-order valence-corrected chi connectivity index (χ4v) is 5.39. The predicted molar refractivity (Wildman–Crippen MR) is 138 cm³/mol. The number of alkyl halides is 3. The van der Waals surface area contributed by atoms with Crippen molar-refractivity contribution in [3.05, 3.63) is 80.4 Å². The second-order valence-electron chi connectivity index (χ2n) is 9.49. The van der Waals surface area contributed by atoms with E-state index >= 15 is 0 Å². The number of amides is 1. The third-order valence-corrected chi connectivity index (χ3v) is 7.82. The molecule has 3 aromatic rings. The van der Waals surface area contributed by atoms with E-state index in [-0.39, 0.29) is 17.4 Å². The third kappa shape index (κ3) is 5.60. The smallest absolute Gasteiger partial charge is 0.417 e. The van der Waals surface area contributed by atoms with Crippen molar-refractivity contribution in [2.75, 3.05) is 20.2 Å². The van der Waals surface area contributed by atoms with Crippen LogP contribution >= 0.6 is 23.2 Å². The van der Waals surface area contributed by atoms with Crippen LogP contribution in [0.3, 0.4) is 0 Å². The highest BCUT2D eigenvalue weighted by atomic mass is 35.5. The fourth-order valence-electron chi connectivity index (χ4n) is 4.80. The van der Waals surface area contributed by atoms with Crippen LogP contribution in [-0.4, -0.2) is 40.4 Å². The summed E-state index contributed by atoms with van der Waals surface area (Å²) in [7, 11) is 1.61. The first-order valence-electron chi connectivity index (χ1n) is 11.9. The standard InChI is InChI=1S/C27H28Cl2F3N3O2/c1-15-11-19(27(30,31)32)14-35-17(3)23(33-25(15)35)13-21-22(28)6-5-20(24(21)29)26(36)34-9-7-18(8-10-34)12-16(2)37-4/h5-6,11,14,18H,2,7-10,12-13H2,1,3-4H3. The molecule has 0 spiro atoms. The van der Waals surface area contributed by atoms with Gasteiger partial charge in [-0.25, -0.2) is 4.98 Å². The summed E-state index contributed by atoms with van der Waals surface area (Å²) in [5, 5.41) is 0.596. The number of nitrogens with zero attached hydrogens (tertiary/aromatic N) is 3. The van der Waals surface area contributed by atoms with Gasteiger partial charge in [0.1, 0.15) is 5.65 Å². The molecule has 0 bridgehead atoms. The van der Waals surface area contributed by atoms with Gasteiger partial charge in [-0.15, -0.1) is 0 Å². The van der Waals surface area contributed by atoms with Crippen molar-refractivity contribution in [1.29, 1.82) is 0 Å². The SMILES string of the molecule is C=C(CC1CCN(C(=O)c2ccc(Cl)c(Cc3nc4c(C)cc(C(F)(F)F)cn4c3C)c2Cl)CC1)OC. The van der Waals surface area contributed by atoms with Crippen molar-refractivity contribution in [2.45, 2.75) is 45.7 Å². The molecule has 1 fully saturated rings. The molecule has 0 N–H and O–H groups in total. The highest BCUT2D eigenvalue weighted by molar-refractivity contribution is 6.38. The lowest BCUT2D eigenvalue weighted by atomic mass is 9.92. The third-order valence-electron chi connectivity index (χ3n) is 7.04. The fraction of sp³-hybridized carbons (Fsp3) is 0.407. The van der Waals surface area contributed by atoms with Gasteiger partial charge in [0.25, 0.3) is 5.91 Å². The Labute approximate surface area is 223 Å². The van der Waals surface area contributed by atoms with Crippen molar-refractivity contribution in [3.8, 4) is 0 Å². The van der Waals surface area contributed by atoms with Crippen LogP contribution in [-0.2, 0) is 17.3 Å². The van der Waals surface area contributed by atoms with Gasteiger partial charge in [-0.2, -0.15) is 13.2 Å². The number of ether oxygens (including phenoxy) is 1. The number of allylic oxidation sites excluding steroid dienone is 1. The maximum absolute atomic E-state index is 13.3. The monoisotopic (exact) mass is 553 g/mol. The van der Waals surface area contributed by atoms with Gasteiger partial charge in [0, 0.05) is 42.8 Å². The molecule has 0 atom stereocenters. The number of pyridine rings is 1. The number of rotatable bonds is 6. The van der Waals surface area contributed by atoms with Crippen molar-refractivity contribution in [2.24, 2.45) is 5.92 Å². The van der Waals surface area contributed by atoms with Crippen LogP contribution in [0.4, 0.5) is 13.2 Å². The number of likely N-dealkylation sites (tertiary alicyclic amines) is 1. The highest BCUT2D eigenvalue weighted by Crippen LogP contribution is 2.35. The molecule has 0 radical (unpaired) electrons. The zero-order chi connectivity index (χ0) is 27.1. The summed E-state index contributed by atoms with van der Waals surface area (Å²) in [6, 6.07) is 4.33. The molecule has 1 amide bonds. The van der Waals surface area contributed by atoms with E-state index in [0.717, 1.165) is 37.3 Å². The lowest BCUT2D eigenvalue weighted by Gasteiger charge is -2.32. The Morgan fingerprint density at radius 1 is 1.22 bits per heavy atom. The topological polar surface area (TPSA) is 46.8 Å². The summed E-state index contributed by atoms with van der Waals surface area (Å²) in [4.78, 5) is 19.7. The molecule has 2 aromatic heterocycles. The number of halogens is 5. The second-order valence-corrected chi connectivity index (χ2v) is 10.3. The van der Waals surface area contributed by atoms with E-state index in [1.807, 2.05) is 0 Å². The minimum absolute atomic E-state index is 0.175. The van der Waals surface area contributed by atoms with E-state index in [2.05, 4.69) is 11.6 Å². The number of aryl methyl sites for hydroxylation is 2.